The first-order valence-electron chi connectivity index (χ1n) is 4.97. The van der Waals surface area contributed by atoms with Crippen LogP contribution in [-0.4, -0.2) is 31.1 Å². The van der Waals surface area contributed by atoms with Crippen molar-refractivity contribution in [3.63, 3.8) is 0 Å². The Balaban J connectivity index is 1.91. The summed E-state index contributed by atoms with van der Waals surface area (Å²) in [7, 11) is 0. The molecule has 1 aliphatic rings. The Hall–Kier alpha value is -0.120. The summed E-state index contributed by atoms with van der Waals surface area (Å²) in [6.45, 7) is 4.52. The van der Waals surface area contributed by atoms with E-state index in [1.165, 1.54) is 45.3 Å². The van der Waals surface area contributed by atoms with Crippen LogP contribution >= 0.6 is 0 Å². The van der Waals surface area contributed by atoms with Gasteiger partial charge in [0, 0.05) is 0 Å². The van der Waals surface area contributed by atoms with Gasteiger partial charge in [-0.2, -0.15) is 0 Å². The number of hydrogen-bond donors (Lipinski definition) is 1. The molecule has 72 valence electrons. The summed E-state index contributed by atoms with van der Waals surface area (Å²) in [6.07, 6.45) is 6.49. The second-order valence-corrected chi connectivity index (χ2v) is 3.48. The molecule has 1 rings (SSSR count). The predicted molar refractivity (Wildman–Crippen MR) is 49.7 cm³/mol. The highest BCUT2D eigenvalue weighted by Gasteiger charge is 2.08. The molecule has 0 spiro atoms. The van der Waals surface area contributed by atoms with Crippen molar-refractivity contribution in [2.24, 2.45) is 5.90 Å². The van der Waals surface area contributed by atoms with Crippen LogP contribution in [0.4, 0.5) is 0 Å². The molecule has 0 saturated carbocycles. The highest BCUT2D eigenvalue weighted by atomic mass is 16.6. The third-order valence-corrected chi connectivity index (χ3v) is 2.44. The Bertz CT molecular complexity index is 103. The lowest BCUT2D eigenvalue weighted by molar-refractivity contribution is 0.128. The minimum absolute atomic E-state index is 0.702. The van der Waals surface area contributed by atoms with E-state index in [0.717, 1.165) is 6.42 Å². The molecule has 1 aliphatic heterocycles. The van der Waals surface area contributed by atoms with Crippen molar-refractivity contribution in [2.75, 3.05) is 26.2 Å². The summed E-state index contributed by atoms with van der Waals surface area (Å²) in [6, 6.07) is 0. The third kappa shape index (κ3) is 4.04. The highest BCUT2D eigenvalue weighted by molar-refractivity contribution is 4.63. The van der Waals surface area contributed by atoms with Gasteiger partial charge < -0.3 is 9.74 Å². The number of piperidine rings is 1. The summed E-state index contributed by atoms with van der Waals surface area (Å²) in [5.41, 5.74) is 0. The average molecular weight is 172 g/mol. The largest absolute Gasteiger partial charge is 0.305 e. The van der Waals surface area contributed by atoms with Gasteiger partial charge in [0.2, 0.25) is 0 Å². The molecule has 0 aromatic heterocycles. The van der Waals surface area contributed by atoms with Crippen molar-refractivity contribution in [3.8, 4) is 0 Å². The first-order valence-corrected chi connectivity index (χ1v) is 4.97. The van der Waals surface area contributed by atoms with E-state index < -0.39 is 0 Å². The molecule has 3 nitrogen and oxygen atoms in total. The third-order valence-electron chi connectivity index (χ3n) is 2.44. The standard InChI is InChI=1S/C9H20N2O/c10-12-9-5-4-8-11-6-2-1-3-7-11/h1-10H2. The first-order chi connectivity index (χ1) is 5.93. The van der Waals surface area contributed by atoms with Gasteiger partial charge in [0.05, 0.1) is 6.61 Å². The van der Waals surface area contributed by atoms with E-state index >= 15 is 0 Å². The molecule has 0 radical (unpaired) electrons. The maximum absolute atomic E-state index is 4.93. The summed E-state index contributed by atoms with van der Waals surface area (Å²) in [4.78, 5) is 7.05. The van der Waals surface area contributed by atoms with Crippen molar-refractivity contribution >= 4 is 0 Å². The van der Waals surface area contributed by atoms with E-state index in [1.807, 2.05) is 0 Å². The van der Waals surface area contributed by atoms with Crippen LogP contribution in [0.5, 0.6) is 0 Å². The van der Waals surface area contributed by atoms with Gasteiger partial charge in [-0.15, -0.1) is 0 Å². The number of unbranched alkanes of at least 4 members (excludes halogenated alkanes) is 1. The van der Waals surface area contributed by atoms with Crippen molar-refractivity contribution in [2.45, 2.75) is 32.1 Å². The number of nitrogens with two attached hydrogens (primary N) is 1. The van der Waals surface area contributed by atoms with Gasteiger partial charge in [-0.1, -0.05) is 6.42 Å². The van der Waals surface area contributed by atoms with Crippen LogP contribution in [0.15, 0.2) is 0 Å². The Kier molecular flexibility index (Phi) is 5.32. The zero-order valence-corrected chi connectivity index (χ0v) is 7.80. The molecule has 0 unspecified atom stereocenters. The van der Waals surface area contributed by atoms with Crippen molar-refractivity contribution < 1.29 is 4.84 Å². The fourth-order valence-electron chi connectivity index (χ4n) is 1.70. The molecular weight excluding hydrogens is 152 g/mol. The molecule has 1 saturated heterocycles. The van der Waals surface area contributed by atoms with E-state index in [-0.39, 0.29) is 0 Å². The summed E-state index contributed by atoms with van der Waals surface area (Å²) in [5, 5.41) is 0. The lowest BCUT2D eigenvalue weighted by Gasteiger charge is -2.26. The van der Waals surface area contributed by atoms with Gasteiger partial charge in [0.1, 0.15) is 0 Å². The van der Waals surface area contributed by atoms with Crippen molar-refractivity contribution in [1.82, 2.24) is 4.90 Å². The maximum Gasteiger partial charge on any atom is 0.0679 e. The average Bonchev–Trinajstić information content (AvgIpc) is 2.14. The number of nitrogens with zero attached hydrogens (tertiary/aromatic N) is 1. The van der Waals surface area contributed by atoms with Crippen LogP contribution < -0.4 is 5.90 Å². The van der Waals surface area contributed by atoms with Gasteiger partial charge in [-0.05, 0) is 45.3 Å². The van der Waals surface area contributed by atoms with Crippen molar-refractivity contribution in [1.29, 1.82) is 0 Å². The van der Waals surface area contributed by atoms with E-state index in [0.29, 0.717) is 6.61 Å². The fraction of sp³-hybridized carbons (Fsp3) is 1.00. The molecule has 0 atom stereocenters. The molecule has 2 N–H and O–H groups in total. The van der Waals surface area contributed by atoms with E-state index in [2.05, 4.69) is 9.74 Å². The lowest BCUT2D eigenvalue weighted by Crippen LogP contribution is -2.30. The molecule has 1 heterocycles. The number of rotatable bonds is 5. The van der Waals surface area contributed by atoms with Gasteiger partial charge in [0.15, 0.2) is 0 Å². The second-order valence-electron chi connectivity index (χ2n) is 3.48. The molecule has 0 aliphatic carbocycles. The molecule has 0 aromatic rings. The SMILES string of the molecule is NOCCCCN1CCCCC1. The molecular formula is C9H20N2O. The number of hydrogen-bond acceptors (Lipinski definition) is 3. The van der Waals surface area contributed by atoms with Crippen LogP contribution in [0.3, 0.4) is 0 Å². The van der Waals surface area contributed by atoms with Crippen LogP contribution in [-0.2, 0) is 4.84 Å². The van der Waals surface area contributed by atoms with Gasteiger partial charge in [0.25, 0.3) is 0 Å². The first kappa shape index (κ1) is 9.96. The van der Waals surface area contributed by atoms with Crippen LogP contribution in [0, 0.1) is 0 Å². The molecule has 1 fully saturated rings. The van der Waals surface area contributed by atoms with Crippen molar-refractivity contribution in [3.05, 3.63) is 0 Å². The Morgan fingerprint density at radius 1 is 1.08 bits per heavy atom. The minimum atomic E-state index is 0.702. The van der Waals surface area contributed by atoms with E-state index in [4.69, 9.17) is 5.90 Å². The zero-order valence-electron chi connectivity index (χ0n) is 7.80. The van der Waals surface area contributed by atoms with Gasteiger partial charge >= 0.3 is 0 Å². The van der Waals surface area contributed by atoms with Gasteiger partial charge in [-0.3, -0.25) is 0 Å². The topological polar surface area (TPSA) is 38.5 Å². The van der Waals surface area contributed by atoms with Crippen LogP contribution in [0.25, 0.3) is 0 Å². The normalized spacial score (nSPS) is 19.8. The molecule has 3 heteroatoms. The predicted octanol–water partition coefficient (Wildman–Crippen LogP) is 1.14. The Labute approximate surface area is 74.8 Å². The summed E-state index contributed by atoms with van der Waals surface area (Å²) < 4.78 is 0. The zero-order chi connectivity index (χ0) is 8.65. The maximum atomic E-state index is 4.93. The molecule has 0 bridgehead atoms. The number of likely N-dealkylation sites (tertiary alicyclic amines) is 1. The highest BCUT2D eigenvalue weighted by Crippen LogP contribution is 2.09. The fourth-order valence-corrected chi connectivity index (χ4v) is 1.70. The Morgan fingerprint density at radius 3 is 2.50 bits per heavy atom. The quantitative estimate of drug-likeness (QED) is 0.499. The van der Waals surface area contributed by atoms with Gasteiger partial charge in [-0.25, -0.2) is 5.90 Å². The smallest absolute Gasteiger partial charge is 0.0679 e. The van der Waals surface area contributed by atoms with E-state index in [9.17, 15) is 0 Å². The lowest BCUT2D eigenvalue weighted by atomic mass is 10.1. The minimum Gasteiger partial charge on any atom is -0.305 e. The van der Waals surface area contributed by atoms with E-state index in [1.54, 1.807) is 0 Å². The summed E-state index contributed by atoms with van der Waals surface area (Å²) >= 11 is 0. The molecule has 0 amide bonds. The molecule has 0 aromatic carbocycles. The molecule has 12 heavy (non-hydrogen) atoms. The Morgan fingerprint density at radius 2 is 1.83 bits per heavy atom. The monoisotopic (exact) mass is 172 g/mol. The second kappa shape index (κ2) is 6.40. The van der Waals surface area contributed by atoms with Crippen LogP contribution in [0.2, 0.25) is 0 Å². The van der Waals surface area contributed by atoms with Crippen LogP contribution in [0.1, 0.15) is 32.1 Å². The summed E-state index contributed by atoms with van der Waals surface area (Å²) in [5.74, 6) is 4.93.